The quantitative estimate of drug-likeness (QED) is 0.236. The normalized spacial score (nSPS) is 21.5. The molecule has 1 rings (SSSR count). The van der Waals surface area contributed by atoms with Gasteiger partial charge in [0.1, 0.15) is 16.8 Å². The second-order valence-corrected chi connectivity index (χ2v) is 9.54. The van der Waals surface area contributed by atoms with Gasteiger partial charge in [-0.2, -0.15) is 0 Å². The zero-order valence-electron chi connectivity index (χ0n) is 21.0. The van der Waals surface area contributed by atoms with E-state index in [1.165, 1.54) is 20.8 Å². The van der Waals surface area contributed by atoms with Crippen LogP contribution in [0.3, 0.4) is 0 Å². The second kappa shape index (κ2) is 12.2. The molecule has 33 heavy (non-hydrogen) atoms. The fourth-order valence-electron chi connectivity index (χ4n) is 3.12. The SMILES string of the molecule is CCC(C)(O)C(=O)CCN1CN(CNC(=O)C(C)(O)CC)CN(CNC(=O)C(C)(O)CC)C1. The predicted molar refractivity (Wildman–Crippen MR) is 123 cm³/mol. The average molecular weight is 474 g/mol. The van der Waals surface area contributed by atoms with Gasteiger partial charge in [-0.25, -0.2) is 0 Å². The van der Waals surface area contributed by atoms with Gasteiger partial charge in [0.25, 0.3) is 11.8 Å². The summed E-state index contributed by atoms with van der Waals surface area (Å²) in [5.41, 5.74) is -4.30. The molecule has 11 nitrogen and oxygen atoms in total. The summed E-state index contributed by atoms with van der Waals surface area (Å²) in [6.45, 7) is 11.7. The molecule has 1 aliphatic heterocycles. The standard InChI is InChI=1S/C22H43N5O6/c1-7-20(4,31)17(28)10-11-25-14-26(12-23-18(29)21(5,32)8-2)16-27(15-25)13-24-19(30)22(6,33)9-3/h31-33H,7-16H2,1-6H3,(H,23,29)(H,24,30). The maximum Gasteiger partial charge on any atom is 0.252 e. The Morgan fingerprint density at radius 1 is 0.697 bits per heavy atom. The van der Waals surface area contributed by atoms with Crippen LogP contribution in [0.4, 0.5) is 0 Å². The molecule has 0 bridgehead atoms. The molecule has 1 fully saturated rings. The maximum atomic E-state index is 12.3. The van der Waals surface area contributed by atoms with Crippen molar-refractivity contribution in [3.8, 4) is 0 Å². The number of nitrogens with one attached hydrogen (secondary N) is 2. The van der Waals surface area contributed by atoms with E-state index >= 15 is 0 Å². The minimum absolute atomic E-state index is 0.163. The molecule has 192 valence electrons. The molecule has 0 spiro atoms. The lowest BCUT2D eigenvalue weighted by Gasteiger charge is -2.42. The Hall–Kier alpha value is -1.63. The summed E-state index contributed by atoms with van der Waals surface area (Å²) in [4.78, 5) is 42.6. The van der Waals surface area contributed by atoms with Crippen LogP contribution < -0.4 is 10.6 Å². The smallest absolute Gasteiger partial charge is 0.252 e. The van der Waals surface area contributed by atoms with E-state index in [1.54, 1.807) is 20.8 Å². The number of carbonyl (C=O) groups is 3. The number of hydrogen-bond acceptors (Lipinski definition) is 9. The molecule has 5 N–H and O–H groups in total. The number of Topliss-reactive ketones (excluding diaryl/α,β-unsaturated/α-hetero) is 1. The van der Waals surface area contributed by atoms with Gasteiger partial charge >= 0.3 is 0 Å². The van der Waals surface area contributed by atoms with E-state index in [1.807, 2.05) is 14.7 Å². The van der Waals surface area contributed by atoms with Crippen LogP contribution in [-0.2, 0) is 14.4 Å². The van der Waals surface area contributed by atoms with Crippen molar-refractivity contribution in [2.75, 3.05) is 39.9 Å². The van der Waals surface area contributed by atoms with Crippen LogP contribution in [0.2, 0.25) is 0 Å². The number of aliphatic hydroxyl groups is 3. The highest BCUT2D eigenvalue weighted by molar-refractivity contribution is 5.86. The van der Waals surface area contributed by atoms with Crippen LogP contribution in [0.1, 0.15) is 67.2 Å². The first-order valence-corrected chi connectivity index (χ1v) is 11.6. The molecule has 11 heteroatoms. The summed E-state index contributed by atoms with van der Waals surface area (Å²) in [7, 11) is 0. The van der Waals surface area contributed by atoms with Gasteiger partial charge in [0.05, 0.1) is 33.3 Å². The molecule has 3 atom stereocenters. The first-order valence-electron chi connectivity index (χ1n) is 11.6. The summed E-state index contributed by atoms with van der Waals surface area (Å²) in [6.07, 6.45) is 1.05. The molecule has 0 aromatic carbocycles. The minimum atomic E-state index is -1.47. The lowest BCUT2D eigenvalue weighted by molar-refractivity contribution is -0.141. The van der Waals surface area contributed by atoms with Crippen molar-refractivity contribution in [2.24, 2.45) is 0 Å². The second-order valence-electron chi connectivity index (χ2n) is 9.54. The van der Waals surface area contributed by atoms with Crippen molar-refractivity contribution in [2.45, 2.75) is 84.0 Å². The Labute approximate surface area is 197 Å². The van der Waals surface area contributed by atoms with Gasteiger partial charge in [-0.05, 0) is 40.0 Å². The van der Waals surface area contributed by atoms with E-state index in [2.05, 4.69) is 10.6 Å². The van der Waals surface area contributed by atoms with E-state index in [0.29, 0.717) is 33.0 Å². The summed E-state index contributed by atoms with van der Waals surface area (Å²) < 4.78 is 0. The van der Waals surface area contributed by atoms with Crippen molar-refractivity contribution < 1.29 is 29.7 Å². The highest BCUT2D eigenvalue weighted by Crippen LogP contribution is 2.15. The Kier molecular flexibility index (Phi) is 10.9. The Morgan fingerprint density at radius 2 is 1.06 bits per heavy atom. The lowest BCUT2D eigenvalue weighted by Crippen LogP contribution is -2.60. The number of carbonyl (C=O) groups excluding carboxylic acids is 3. The van der Waals surface area contributed by atoms with Gasteiger partial charge in [-0.3, -0.25) is 29.1 Å². The van der Waals surface area contributed by atoms with E-state index < -0.39 is 28.6 Å². The zero-order valence-corrected chi connectivity index (χ0v) is 21.0. The van der Waals surface area contributed by atoms with Crippen LogP contribution in [0, 0.1) is 0 Å². The molecule has 0 saturated carbocycles. The molecule has 1 saturated heterocycles. The van der Waals surface area contributed by atoms with Crippen molar-refractivity contribution in [3.63, 3.8) is 0 Å². The van der Waals surface area contributed by atoms with Gasteiger partial charge in [0, 0.05) is 13.0 Å². The van der Waals surface area contributed by atoms with Gasteiger partial charge in [0.15, 0.2) is 5.78 Å². The Morgan fingerprint density at radius 3 is 1.42 bits per heavy atom. The zero-order chi connectivity index (χ0) is 25.4. The summed E-state index contributed by atoms with van der Waals surface area (Å²) in [5.74, 6) is -1.20. The van der Waals surface area contributed by atoms with Gasteiger partial charge in [-0.15, -0.1) is 0 Å². The number of ketones is 1. The number of rotatable bonds is 13. The van der Waals surface area contributed by atoms with E-state index in [-0.39, 0.29) is 38.4 Å². The molecule has 0 aromatic heterocycles. The molecule has 0 aromatic rings. The molecule has 0 radical (unpaired) electrons. The third-order valence-corrected chi connectivity index (χ3v) is 6.43. The van der Waals surface area contributed by atoms with E-state index in [4.69, 9.17) is 0 Å². The van der Waals surface area contributed by atoms with Crippen LogP contribution in [0.25, 0.3) is 0 Å². The number of nitrogens with zero attached hydrogens (tertiary/aromatic N) is 3. The summed E-state index contributed by atoms with van der Waals surface area (Å²) >= 11 is 0. The minimum Gasteiger partial charge on any atom is -0.382 e. The highest BCUT2D eigenvalue weighted by atomic mass is 16.3. The molecule has 1 heterocycles. The van der Waals surface area contributed by atoms with Gasteiger partial charge in [-0.1, -0.05) is 20.8 Å². The Balaban J connectivity index is 2.80. The van der Waals surface area contributed by atoms with E-state index in [9.17, 15) is 29.7 Å². The van der Waals surface area contributed by atoms with Crippen LogP contribution in [0.15, 0.2) is 0 Å². The van der Waals surface area contributed by atoms with Crippen molar-refractivity contribution >= 4 is 17.6 Å². The summed E-state index contributed by atoms with van der Waals surface area (Å²) in [5, 5.41) is 35.9. The molecular weight excluding hydrogens is 430 g/mol. The Bertz CT molecular complexity index is 586. The largest absolute Gasteiger partial charge is 0.382 e. The topological polar surface area (TPSA) is 146 Å². The summed E-state index contributed by atoms with van der Waals surface area (Å²) in [6, 6.07) is 0. The highest BCUT2D eigenvalue weighted by Gasteiger charge is 2.32. The van der Waals surface area contributed by atoms with E-state index in [0.717, 1.165) is 0 Å². The molecular formula is C22H43N5O6. The van der Waals surface area contributed by atoms with Crippen molar-refractivity contribution in [1.29, 1.82) is 0 Å². The first-order chi connectivity index (χ1) is 15.2. The molecule has 3 unspecified atom stereocenters. The third-order valence-electron chi connectivity index (χ3n) is 6.43. The van der Waals surface area contributed by atoms with Gasteiger partial charge in [0.2, 0.25) is 0 Å². The molecule has 0 aliphatic carbocycles. The van der Waals surface area contributed by atoms with Crippen LogP contribution in [-0.4, -0.2) is 104 Å². The fourth-order valence-corrected chi connectivity index (χ4v) is 3.12. The fraction of sp³-hybridized carbons (Fsp3) is 0.864. The lowest BCUT2D eigenvalue weighted by atomic mass is 9.95. The first kappa shape index (κ1) is 29.4. The predicted octanol–water partition coefficient (Wildman–Crippen LogP) is -0.632. The molecule has 2 amide bonds. The number of amides is 2. The van der Waals surface area contributed by atoms with Crippen molar-refractivity contribution in [3.05, 3.63) is 0 Å². The van der Waals surface area contributed by atoms with Crippen LogP contribution in [0.5, 0.6) is 0 Å². The maximum absolute atomic E-state index is 12.3. The van der Waals surface area contributed by atoms with Crippen LogP contribution >= 0.6 is 0 Å². The molecule has 1 aliphatic rings. The third kappa shape index (κ3) is 8.91. The van der Waals surface area contributed by atoms with Crippen molar-refractivity contribution in [1.82, 2.24) is 25.3 Å². The average Bonchev–Trinajstić information content (AvgIpc) is 2.78. The monoisotopic (exact) mass is 473 g/mol. The van der Waals surface area contributed by atoms with Gasteiger partial charge < -0.3 is 26.0 Å². The number of hydrogen-bond donors (Lipinski definition) is 5.